The van der Waals surface area contributed by atoms with Crippen molar-refractivity contribution < 1.29 is 13.7 Å². The molecule has 0 unspecified atom stereocenters. The fourth-order valence-corrected chi connectivity index (χ4v) is 3.15. The SMILES string of the molecule is O=C(c1ccccc1F)N1CCC(c2noc(-c3cccnc3)n2)CC1. The fourth-order valence-electron chi connectivity index (χ4n) is 3.15. The van der Waals surface area contributed by atoms with Crippen LogP contribution in [0, 0.1) is 5.82 Å². The summed E-state index contributed by atoms with van der Waals surface area (Å²) in [6.07, 6.45) is 4.79. The molecule has 132 valence electrons. The Kier molecular flexibility index (Phi) is 4.43. The number of hydrogen-bond donors (Lipinski definition) is 0. The summed E-state index contributed by atoms with van der Waals surface area (Å²) in [5.74, 6) is 0.443. The minimum absolute atomic E-state index is 0.115. The van der Waals surface area contributed by atoms with Crippen LogP contribution < -0.4 is 0 Å². The Morgan fingerprint density at radius 3 is 2.69 bits per heavy atom. The summed E-state index contributed by atoms with van der Waals surface area (Å²) in [6.45, 7) is 1.07. The Morgan fingerprint density at radius 1 is 1.15 bits per heavy atom. The average Bonchev–Trinajstić information content (AvgIpc) is 3.19. The molecular formula is C19H17FN4O2. The van der Waals surface area contributed by atoms with E-state index in [1.807, 2.05) is 12.1 Å². The van der Waals surface area contributed by atoms with Crippen molar-refractivity contribution >= 4 is 5.91 Å². The van der Waals surface area contributed by atoms with Crippen LogP contribution in [0.15, 0.2) is 53.3 Å². The normalized spacial score (nSPS) is 15.2. The van der Waals surface area contributed by atoms with Gasteiger partial charge in [-0.25, -0.2) is 4.39 Å². The van der Waals surface area contributed by atoms with E-state index in [1.54, 1.807) is 29.4 Å². The molecule has 0 spiro atoms. The summed E-state index contributed by atoms with van der Waals surface area (Å²) in [6, 6.07) is 9.74. The summed E-state index contributed by atoms with van der Waals surface area (Å²) < 4.78 is 19.1. The zero-order valence-electron chi connectivity index (χ0n) is 14.0. The lowest BCUT2D eigenvalue weighted by Crippen LogP contribution is -2.38. The summed E-state index contributed by atoms with van der Waals surface area (Å²) in [5, 5.41) is 4.08. The lowest BCUT2D eigenvalue weighted by atomic mass is 9.95. The van der Waals surface area contributed by atoms with Crippen molar-refractivity contribution in [2.24, 2.45) is 0 Å². The maximum absolute atomic E-state index is 13.8. The smallest absolute Gasteiger partial charge is 0.259 e. The van der Waals surface area contributed by atoms with Crippen LogP contribution >= 0.6 is 0 Å². The summed E-state index contributed by atoms with van der Waals surface area (Å²) >= 11 is 0. The Balaban J connectivity index is 1.42. The first-order valence-electron chi connectivity index (χ1n) is 8.50. The number of halogens is 1. The number of benzene rings is 1. The summed E-state index contributed by atoms with van der Waals surface area (Å²) in [7, 11) is 0. The van der Waals surface area contributed by atoms with E-state index in [-0.39, 0.29) is 17.4 Å². The van der Waals surface area contributed by atoms with Crippen LogP contribution in [0.1, 0.15) is 34.9 Å². The number of pyridine rings is 1. The van der Waals surface area contributed by atoms with Crippen LogP contribution in [-0.2, 0) is 0 Å². The minimum atomic E-state index is -0.487. The molecular weight excluding hydrogens is 335 g/mol. The Labute approximate surface area is 149 Å². The van der Waals surface area contributed by atoms with Gasteiger partial charge in [0.25, 0.3) is 11.8 Å². The van der Waals surface area contributed by atoms with Crippen molar-refractivity contribution in [3.05, 3.63) is 66.0 Å². The van der Waals surface area contributed by atoms with Crippen LogP contribution in [0.5, 0.6) is 0 Å². The maximum Gasteiger partial charge on any atom is 0.259 e. The summed E-state index contributed by atoms with van der Waals surface area (Å²) in [4.78, 5) is 22.7. The largest absolute Gasteiger partial charge is 0.339 e. The van der Waals surface area contributed by atoms with Crippen LogP contribution in [0.25, 0.3) is 11.5 Å². The molecule has 3 aromatic rings. The molecule has 3 heterocycles. The highest BCUT2D eigenvalue weighted by Gasteiger charge is 2.28. The first-order chi connectivity index (χ1) is 12.7. The number of aromatic nitrogens is 3. The Morgan fingerprint density at radius 2 is 1.96 bits per heavy atom. The first kappa shape index (κ1) is 16.4. The molecule has 1 aliphatic rings. The number of nitrogens with zero attached hydrogens (tertiary/aromatic N) is 4. The highest BCUT2D eigenvalue weighted by molar-refractivity contribution is 5.94. The lowest BCUT2D eigenvalue weighted by molar-refractivity contribution is 0.0706. The predicted molar refractivity (Wildman–Crippen MR) is 91.8 cm³/mol. The topological polar surface area (TPSA) is 72.1 Å². The van der Waals surface area contributed by atoms with Crippen molar-refractivity contribution in [2.45, 2.75) is 18.8 Å². The van der Waals surface area contributed by atoms with Gasteiger partial charge in [-0.2, -0.15) is 4.98 Å². The van der Waals surface area contributed by atoms with Gasteiger partial charge in [0, 0.05) is 31.4 Å². The van der Waals surface area contributed by atoms with Gasteiger partial charge in [0.2, 0.25) is 0 Å². The average molecular weight is 352 g/mol. The quantitative estimate of drug-likeness (QED) is 0.723. The molecule has 0 saturated carbocycles. The van der Waals surface area contributed by atoms with Gasteiger partial charge in [0.1, 0.15) is 5.82 Å². The van der Waals surface area contributed by atoms with Crippen LogP contribution in [0.3, 0.4) is 0 Å². The molecule has 1 aromatic carbocycles. The van der Waals surface area contributed by atoms with E-state index in [0.29, 0.717) is 37.6 Å². The highest BCUT2D eigenvalue weighted by Crippen LogP contribution is 2.28. The Hall–Kier alpha value is -3.09. The molecule has 2 aromatic heterocycles. The van der Waals surface area contributed by atoms with E-state index >= 15 is 0 Å². The Bertz CT molecular complexity index is 905. The third-order valence-electron chi connectivity index (χ3n) is 4.60. The van der Waals surface area contributed by atoms with Gasteiger partial charge < -0.3 is 9.42 Å². The van der Waals surface area contributed by atoms with Gasteiger partial charge >= 0.3 is 0 Å². The molecule has 26 heavy (non-hydrogen) atoms. The predicted octanol–water partition coefficient (Wildman–Crippen LogP) is 3.29. The van der Waals surface area contributed by atoms with Crippen LogP contribution in [0.2, 0.25) is 0 Å². The van der Waals surface area contributed by atoms with E-state index in [4.69, 9.17) is 4.52 Å². The number of piperidine rings is 1. The molecule has 6 nitrogen and oxygen atoms in total. The molecule has 0 N–H and O–H groups in total. The molecule has 0 bridgehead atoms. The zero-order valence-corrected chi connectivity index (χ0v) is 14.0. The molecule has 1 amide bonds. The molecule has 0 radical (unpaired) electrons. The number of hydrogen-bond acceptors (Lipinski definition) is 5. The van der Waals surface area contributed by atoms with Crippen molar-refractivity contribution in [1.29, 1.82) is 0 Å². The maximum atomic E-state index is 13.8. The fraction of sp³-hybridized carbons (Fsp3) is 0.263. The van der Waals surface area contributed by atoms with Gasteiger partial charge in [-0.15, -0.1) is 0 Å². The van der Waals surface area contributed by atoms with E-state index in [1.165, 1.54) is 12.1 Å². The minimum Gasteiger partial charge on any atom is -0.339 e. The number of amides is 1. The lowest BCUT2D eigenvalue weighted by Gasteiger charge is -2.30. The molecule has 1 saturated heterocycles. The third-order valence-corrected chi connectivity index (χ3v) is 4.60. The highest BCUT2D eigenvalue weighted by atomic mass is 19.1. The van der Waals surface area contributed by atoms with E-state index < -0.39 is 5.82 Å². The zero-order chi connectivity index (χ0) is 17.9. The standard InChI is InChI=1S/C19H17FN4O2/c20-16-6-2-1-5-15(16)19(25)24-10-7-13(8-11-24)17-22-18(26-23-17)14-4-3-9-21-12-14/h1-6,9,12-13H,7-8,10-11H2. The van der Waals surface area contributed by atoms with Crippen LogP contribution in [0.4, 0.5) is 4.39 Å². The van der Waals surface area contributed by atoms with E-state index in [0.717, 1.165) is 5.56 Å². The van der Waals surface area contributed by atoms with Crippen molar-refractivity contribution in [3.63, 3.8) is 0 Å². The monoisotopic (exact) mass is 352 g/mol. The number of carbonyl (C=O) groups excluding carboxylic acids is 1. The van der Waals surface area contributed by atoms with Crippen LogP contribution in [-0.4, -0.2) is 39.0 Å². The molecule has 0 atom stereocenters. The first-order valence-corrected chi connectivity index (χ1v) is 8.50. The van der Waals surface area contributed by atoms with Crippen molar-refractivity contribution in [3.8, 4) is 11.5 Å². The van der Waals surface area contributed by atoms with Gasteiger partial charge in [0.15, 0.2) is 5.82 Å². The second-order valence-electron chi connectivity index (χ2n) is 6.25. The van der Waals surface area contributed by atoms with E-state index in [9.17, 15) is 9.18 Å². The molecule has 0 aliphatic carbocycles. The number of likely N-dealkylation sites (tertiary alicyclic amines) is 1. The molecule has 1 aliphatic heterocycles. The van der Waals surface area contributed by atoms with Crippen molar-refractivity contribution in [1.82, 2.24) is 20.0 Å². The van der Waals surface area contributed by atoms with Gasteiger partial charge in [-0.05, 0) is 37.1 Å². The van der Waals surface area contributed by atoms with Gasteiger partial charge in [-0.1, -0.05) is 17.3 Å². The van der Waals surface area contributed by atoms with Gasteiger partial charge in [-0.3, -0.25) is 9.78 Å². The van der Waals surface area contributed by atoms with E-state index in [2.05, 4.69) is 15.1 Å². The summed E-state index contributed by atoms with van der Waals surface area (Å²) in [5.41, 5.74) is 0.891. The van der Waals surface area contributed by atoms with Crippen molar-refractivity contribution in [2.75, 3.05) is 13.1 Å². The number of carbonyl (C=O) groups is 1. The third kappa shape index (κ3) is 3.20. The molecule has 4 rings (SSSR count). The number of rotatable bonds is 3. The molecule has 1 fully saturated rings. The van der Waals surface area contributed by atoms with Gasteiger partial charge in [0.05, 0.1) is 11.1 Å². The second kappa shape index (κ2) is 7.03. The second-order valence-corrected chi connectivity index (χ2v) is 6.25. The molecule has 7 heteroatoms.